The summed E-state index contributed by atoms with van der Waals surface area (Å²) in [4.78, 5) is 11.8. The highest BCUT2D eigenvalue weighted by Crippen LogP contribution is 2.23. The van der Waals surface area contributed by atoms with E-state index >= 15 is 0 Å². The number of nitrogens with two attached hydrogens (primary N) is 1. The Bertz CT molecular complexity index is 647. The molecule has 0 aromatic heterocycles. The number of halogens is 3. The van der Waals surface area contributed by atoms with Crippen molar-refractivity contribution in [3.8, 4) is 0 Å². The fourth-order valence-electron chi connectivity index (χ4n) is 1.51. The number of anilines is 2. The van der Waals surface area contributed by atoms with Gasteiger partial charge in [-0.25, -0.2) is 8.78 Å². The lowest BCUT2D eigenvalue weighted by Gasteiger charge is -2.09. The van der Waals surface area contributed by atoms with Crippen LogP contribution in [0.3, 0.4) is 0 Å². The molecule has 0 fully saturated rings. The molecule has 0 unspecified atom stereocenters. The molecular formula is C13H9BrF2N2O. The third kappa shape index (κ3) is 3.08. The number of carbonyl (C=O) groups is 1. The van der Waals surface area contributed by atoms with Crippen LogP contribution in [0.5, 0.6) is 0 Å². The summed E-state index contributed by atoms with van der Waals surface area (Å²) in [5.74, 6) is -2.35. The monoisotopic (exact) mass is 326 g/mol. The van der Waals surface area contributed by atoms with E-state index in [0.717, 1.165) is 16.6 Å². The molecule has 0 bridgehead atoms. The molecule has 0 radical (unpaired) electrons. The number of hydrogen-bond acceptors (Lipinski definition) is 2. The van der Waals surface area contributed by atoms with Crippen molar-refractivity contribution in [2.75, 3.05) is 11.1 Å². The molecule has 0 atom stereocenters. The number of benzene rings is 2. The Morgan fingerprint density at radius 1 is 1.16 bits per heavy atom. The molecule has 0 saturated carbocycles. The van der Waals surface area contributed by atoms with Gasteiger partial charge in [0.25, 0.3) is 5.91 Å². The van der Waals surface area contributed by atoms with Crippen LogP contribution in [0.1, 0.15) is 10.4 Å². The van der Waals surface area contributed by atoms with Crippen LogP contribution in [0.4, 0.5) is 20.2 Å². The largest absolute Gasteiger partial charge is 0.397 e. The van der Waals surface area contributed by atoms with Crippen molar-refractivity contribution in [2.45, 2.75) is 0 Å². The molecule has 0 heterocycles. The standard InChI is InChI=1S/C13H9BrF2N2O/c14-7-1-4-12(11(17)5-7)18-13(19)9-3-2-8(15)6-10(9)16/h1-6H,17H2,(H,18,19). The summed E-state index contributed by atoms with van der Waals surface area (Å²) in [5, 5.41) is 2.47. The molecule has 2 aromatic rings. The zero-order valence-electron chi connectivity index (χ0n) is 9.58. The maximum absolute atomic E-state index is 13.4. The van der Waals surface area contributed by atoms with E-state index in [2.05, 4.69) is 21.2 Å². The minimum absolute atomic E-state index is 0.247. The molecule has 3 N–H and O–H groups in total. The summed E-state index contributed by atoms with van der Waals surface area (Å²) in [6.07, 6.45) is 0. The Kier molecular flexibility index (Phi) is 3.80. The van der Waals surface area contributed by atoms with Crippen LogP contribution in [-0.2, 0) is 0 Å². The lowest BCUT2D eigenvalue weighted by atomic mass is 10.2. The highest BCUT2D eigenvalue weighted by atomic mass is 79.9. The lowest BCUT2D eigenvalue weighted by molar-refractivity contribution is 0.102. The number of rotatable bonds is 2. The molecular weight excluding hydrogens is 318 g/mol. The third-order valence-corrected chi connectivity index (χ3v) is 2.93. The summed E-state index contributed by atoms with van der Waals surface area (Å²) in [6.45, 7) is 0. The second kappa shape index (κ2) is 5.36. The van der Waals surface area contributed by atoms with E-state index in [1.54, 1.807) is 18.2 Å². The van der Waals surface area contributed by atoms with Crippen LogP contribution in [0, 0.1) is 11.6 Å². The van der Waals surface area contributed by atoms with Gasteiger partial charge in [-0.1, -0.05) is 15.9 Å². The summed E-state index contributed by atoms with van der Waals surface area (Å²) in [7, 11) is 0. The van der Waals surface area contributed by atoms with Gasteiger partial charge in [-0.05, 0) is 30.3 Å². The summed E-state index contributed by atoms with van der Waals surface area (Å²) >= 11 is 3.23. The van der Waals surface area contributed by atoms with Crippen molar-refractivity contribution >= 4 is 33.2 Å². The van der Waals surface area contributed by atoms with E-state index in [-0.39, 0.29) is 5.56 Å². The maximum atomic E-state index is 13.4. The van der Waals surface area contributed by atoms with Gasteiger partial charge in [0.15, 0.2) is 0 Å². The number of carbonyl (C=O) groups excluding carboxylic acids is 1. The van der Waals surface area contributed by atoms with E-state index in [4.69, 9.17) is 5.73 Å². The summed E-state index contributed by atoms with van der Waals surface area (Å²) < 4.78 is 26.9. The van der Waals surface area contributed by atoms with Gasteiger partial charge in [0.05, 0.1) is 16.9 Å². The Morgan fingerprint density at radius 3 is 2.53 bits per heavy atom. The van der Waals surface area contributed by atoms with Crippen LogP contribution < -0.4 is 11.1 Å². The van der Waals surface area contributed by atoms with E-state index < -0.39 is 17.5 Å². The first-order chi connectivity index (χ1) is 8.97. The lowest BCUT2D eigenvalue weighted by Crippen LogP contribution is -2.15. The first kappa shape index (κ1) is 13.5. The Labute approximate surface area is 116 Å². The first-order valence-corrected chi connectivity index (χ1v) is 6.08. The Hall–Kier alpha value is -1.95. The SMILES string of the molecule is Nc1cc(Br)ccc1NC(=O)c1ccc(F)cc1F. The highest BCUT2D eigenvalue weighted by molar-refractivity contribution is 9.10. The Morgan fingerprint density at radius 2 is 1.89 bits per heavy atom. The fourth-order valence-corrected chi connectivity index (χ4v) is 1.89. The second-order valence-electron chi connectivity index (χ2n) is 3.81. The fraction of sp³-hybridized carbons (Fsp3) is 0. The molecule has 0 aliphatic carbocycles. The molecule has 2 rings (SSSR count). The normalized spacial score (nSPS) is 10.3. The number of nitrogens with one attached hydrogen (secondary N) is 1. The predicted octanol–water partition coefficient (Wildman–Crippen LogP) is 3.56. The van der Waals surface area contributed by atoms with E-state index in [0.29, 0.717) is 17.4 Å². The molecule has 98 valence electrons. The molecule has 0 aliphatic heterocycles. The Balaban J connectivity index is 2.25. The average molecular weight is 327 g/mol. The van der Waals surface area contributed by atoms with Crippen molar-refractivity contribution in [3.63, 3.8) is 0 Å². The van der Waals surface area contributed by atoms with Crippen LogP contribution in [-0.4, -0.2) is 5.91 Å². The smallest absolute Gasteiger partial charge is 0.258 e. The van der Waals surface area contributed by atoms with Crippen LogP contribution in [0.2, 0.25) is 0 Å². The zero-order chi connectivity index (χ0) is 14.0. The zero-order valence-corrected chi connectivity index (χ0v) is 11.2. The van der Waals surface area contributed by atoms with Crippen LogP contribution in [0.25, 0.3) is 0 Å². The molecule has 1 amide bonds. The van der Waals surface area contributed by atoms with Gasteiger partial charge >= 0.3 is 0 Å². The first-order valence-electron chi connectivity index (χ1n) is 5.29. The van der Waals surface area contributed by atoms with Gasteiger partial charge in [-0.3, -0.25) is 4.79 Å². The van der Waals surface area contributed by atoms with Gasteiger partial charge < -0.3 is 11.1 Å². The van der Waals surface area contributed by atoms with Crippen molar-refractivity contribution in [2.24, 2.45) is 0 Å². The van der Waals surface area contributed by atoms with Crippen molar-refractivity contribution in [1.29, 1.82) is 0 Å². The van der Waals surface area contributed by atoms with Gasteiger partial charge in [0.2, 0.25) is 0 Å². The topological polar surface area (TPSA) is 55.1 Å². The van der Waals surface area contributed by atoms with Crippen molar-refractivity contribution in [3.05, 3.63) is 58.1 Å². The third-order valence-electron chi connectivity index (χ3n) is 2.44. The van der Waals surface area contributed by atoms with Crippen molar-refractivity contribution < 1.29 is 13.6 Å². The minimum Gasteiger partial charge on any atom is -0.397 e. The molecule has 0 saturated heterocycles. The predicted molar refractivity (Wildman–Crippen MR) is 72.9 cm³/mol. The second-order valence-corrected chi connectivity index (χ2v) is 4.73. The van der Waals surface area contributed by atoms with E-state index in [1.807, 2.05) is 0 Å². The van der Waals surface area contributed by atoms with Gasteiger partial charge in [-0.15, -0.1) is 0 Å². The number of hydrogen-bond donors (Lipinski definition) is 2. The molecule has 6 heteroatoms. The maximum Gasteiger partial charge on any atom is 0.258 e. The molecule has 0 spiro atoms. The van der Waals surface area contributed by atoms with Gasteiger partial charge in [-0.2, -0.15) is 0 Å². The summed E-state index contributed by atoms with van der Waals surface area (Å²) in [6, 6.07) is 7.63. The molecule has 0 aliphatic rings. The highest BCUT2D eigenvalue weighted by Gasteiger charge is 2.13. The van der Waals surface area contributed by atoms with Crippen molar-refractivity contribution in [1.82, 2.24) is 0 Å². The van der Waals surface area contributed by atoms with Crippen LogP contribution >= 0.6 is 15.9 Å². The number of nitrogen functional groups attached to an aromatic ring is 1. The van der Waals surface area contributed by atoms with Gasteiger partial charge in [0, 0.05) is 10.5 Å². The molecule has 2 aromatic carbocycles. The van der Waals surface area contributed by atoms with E-state index in [9.17, 15) is 13.6 Å². The van der Waals surface area contributed by atoms with Crippen LogP contribution in [0.15, 0.2) is 40.9 Å². The van der Waals surface area contributed by atoms with E-state index in [1.165, 1.54) is 0 Å². The quantitative estimate of drug-likeness (QED) is 0.829. The molecule has 19 heavy (non-hydrogen) atoms. The average Bonchev–Trinajstić information content (AvgIpc) is 2.32. The minimum atomic E-state index is -0.923. The number of amides is 1. The summed E-state index contributed by atoms with van der Waals surface area (Å²) in [5.41, 5.74) is 6.16. The van der Waals surface area contributed by atoms with Gasteiger partial charge in [0.1, 0.15) is 11.6 Å². The molecule has 3 nitrogen and oxygen atoms in total.